The Morgan fingerprint density at radius 1 is 1.29 bits per heavy atom. The molecule has 1 aromatic heterocycles. The molecule has 3 rings (SSSR count). The fourth-order valence-electron chi connectivity index (χ4n) is 3.33. The molecule has 2 aromatic rings. The van der Waals surface area contributed by atoms with Crippen LogP contribution in [0.4, 0.5) is 5.69 Å². The van der Waals surface area contributed by atoms with E-state index in [-0.39, 0.29) is 0 Å². The highest BCUT2D eigenvalue weighted by Crippen LogP contribution is 2.39. The van der Waals surface area contributed by atoms with E-state index in [0.717, 1.165) is 28.2 Å². The van der Waals surface area contributed by atoms with Gasteiger partial charge in [0.1, 0.15) is 0 Å². The third-order valence-corrected chi connectivity index (χ3v) is 5.35. The molecule has 1 aliphatic rings. The molecule has 0 radical (unpaired) electrons. The molecular weight excluding hydrogens is 330 g/mol. The van der Waals surface area contributed by atoms with Crippen LogP contribution in [0.2, 0.25) is 0 Å². The first-order valence-electron chi connectivity index (χ1n) is 7.40. The predicted molar refractivity (Wildman–Crippen MR) is 86.6 cm³/mol. The summed E-state index contributed by atoms with van der Waals surface area (Å²) in [5, 5.41) is 12.4. The lowest BCUT2D eigenvalue weighted by atomic mass is 9.80. The van der Waals surface area contributed by atoms with E-state index in [1.807, 2.05) is 22.9 Å². The van der Waals surface area contributed by atoms with Crippen LogP contribution in [-0.2, 0) is 0 Å². The van der Waals surface area contributed by atoms with Crippen molar-refractivity contribution in [3.63, 3.8) is 0 Å². The van der Waals surface area contributed by atoms with Gasteiger partial charge >= 0.3 is 0 Å². The maximum absolute atomic E-state index is 5.98. The molecule has 1 aromatic carbocycles. The van der Waals surface area contributed by atoms with Crippen LogP contribution in [0.5, 0.6) is 0 Å². The van der Waals surface area contributed by atoms with Crippen molar-refractivity contribution in [3.05, 3.63) is 22.7 Å². The summed E-state index contributed by atoms with van der Waals surface area (Å²) in [6.07, 6.45) is 3.58. The maximum Gasteiger partial charge on any atom is 0.183 e. The van der Waals surface area contributed by atoms with Gasteiger partial charge in [-0.05, 0) is 69.6 Å². The van der Waals surface area contributed by atoms with Crippen molar-refractivity contribution in [2.24, 2.45) is 11.8 Å². The Bertz CT molecular complexity index is 639. The lowest BCUT2D eigenvalue weighted by Crippen LogP contribution is -2.26. The van der Waals surface area contributed by atoms with E-state index in [1.165, 1.54) is 12.8 Å². The summed E-state index contributed by atoms with van der Waals surface area (Å²) < 4.78 is 2.84. The lowest BCUT2D eigenvalue weighted by Gasteiger charge is -2.32. The van der Waals surface area contributed by atoms with Crippen molar-refractivity contribution in [3.8, 4) is 11.4 Å². The number of aromatic nitrogens is 4. The van der Waals surface area contributed by atoms with Gasteiger partial charge in [-0.25, -0.2) is 4.68 Å². The van der Waals surface area contributed by atoms with Gasteiger partial charge in [0.25, 0.3) is 0 Å². The molecule has 0 saturated heterocycles. The van der Waals surface area contributed by atoms with Gasteiger partial charge in [-0.15, -0.1) is 5.10 Å². The molecule has 2 N–H and O–H groups in total. The summed E-state index contributed by atoms with van der Waals surface area (Å²) in [4.78, 5) is 0. The van der Waals surface area contributed by atoms with Crippen molar-refractivity contribution >= 4 is 21.6 Å². The molecule has 1 saturated carbocycles. The monoisotopic (exact) mass is 349 g/mol. The predicted octanol–water partition coefficient (Wildman–Crippen LogP) is 3.68. The molecule has 3 unspecified atom stereocenters. The number of anilines is 1. The summed E-state index contributed by atoms with van der Waals surface area (Å²) in [6.45, 7) is 4.61. The largest absolute Gasteiger partial charge is 0.398 e. The van der Waals surface area contributed by atoms with E-state index in [0.29, 0.717) is 17.6 Å². The third-order valence-electron chi connectivity index (χ3n) is 4.46. The van der Waals surface area contributed by atoms with Gasteiger partial charge in [0, 0.05) is 11.3 Å². The molecule has 0 aliphatic heterocycles. The molecule has 112 valence electrons. The molecule has 0 spiro atoms. The Kier molecular flexibility index (Phi) is 3.97. The Morgan fingerprint density at radius 3 is 2.86 bits per heavy atom. The number of rotatable bonds is 2. The average molecular weight is 350 g/mol. The quantitative estimate of drug-likeness (QED) is 0.839. The van der Waals surface area contributed by atoms with Crippen LogP contribution in [-0.4, -0.2) is 20.2 Å². The lowest BCUT2D eigenvalue weighted by molar-refractivity contribution is 0.194. The zero-order chi connectivity index (χ0) is 15.0. The van der Waals surface area contributed by atoms with Crippen LogP contribution in [0, 0.1) is 11.8 Å². The number of halogens is 1. The van der Waals surface area contributed by atoms with Crippen molar-refractivity contribution < 1.29 is 0 Å². The second-order valence-corrected chi connectivity index (χ2v) is 6.91. The van der Waals surface area contributed by atoms with Crippen molar-refractivity contribution in [1.29, 1.82) is 0 Å². The molecule has 0 bridgehead atoms. The molecule has 1 fully saturated rings. The van der Waals surface area contributed by atoms with Gasteiger partial charge in [-0.1, -0.05) is 19.9 Å². The van der Waals surface area contributed by atoms with E-state index in [9.17, 15) is 0 Å². The Balaban J connectivity index is 2.00. The second kappa shape index (κ2) is 5.75. The zero-order valence-electron chi connectivity index (χ0n) is 12.3. The van der Waals surface area contributed by atoms with E-state index < -0.39 is 0 Å². The number of nitrogen functional groups attached to an aromatic ring is 1. The highest BCUT2D eigenvalue weighted by atomic mass is 79.9. The SMILES string of the molecule is CC1CCC(n2nnnc2-c2cccc(N)c2Br)C(C)C1. The Labute approximate surface area is 133 Å². The molecule has 6 heteroatoms. The van der Waals surface area contributed by atoms with Gasteiger partial charge in [-0.3, -0.25) is 0 Å². The maximum atomic E-state index is 5.98. The van der Waals surface area contributed by atoms with Gasteiger partial charge in [0.05, 0.1) is 10.5 Å². The van der Waals surface area contributed by atoms with Gasteiger partial charge < -0.3 is 5.73 Å². The highest BCUT2D eigenvalue weighted by Gasteiger charge is 2.30. The summed E-state index contributed by atoms with van der Waals surface area (Å²) >= 11 is 3.55. The zero-order valence-corrected chi connectivity index (χ0v) is 13.9. The van der Waals surface area contributed by atoms with E-state index in [1.54, 1.807) is 0 Å². The Hall–Kier alpha value is -1.43. The minimum absolute atomic E-state index is 0.361. The van der Waals surface area contributed by atoms with Crippen LogP contribution in [0.3, 0.4) is 0 Å². The number of benzene rings is 1. The standard InChI is InChI=1S/C15H20BrN5/c1-9-6-7-13(10(2)8-9)21-15(18-19-20-21)11-4-3-5-12(17)14(11)16/h3-5,9-10,13H,6-8,17H2,1-2H3. The minimum Gasteiger partial charge on any atom is -0.398 e. The molecule has 1 aliphatic carbocycles. The van der Waals surface area contributed by atoms with Crippen molar-refractivity contribution in [2.45, 2.75) is 39.2 Å². The fourth-order valence-corrected chi connectivity index (χ4v) is 3.77. The van der Waals surface area contributed by atoms with Gasteiger partial charge in [-0.2, -0.15) is 0 Å². The minimum atomic E-state index is 0.361. The summed E-state index contributed by atoms with van der Waals surface area (Å²) in [5.74, 6) is 2.16. The van der Waals surface area contributed by atoms with Crippen LogP contribution in [0.15, 0.2) is 22.7 Å². The molecule has 3 atom stereocenters. The first-order chi connectivity index (χ1) is 10.1. The fraction of sp³-hybridized carbons (Fsp3) is 0.533. The van der Waals surface area contributed by atoms with E-state index in [4.69, 9.17) is 5.73 Å². The van der Waals surface area contributed by atoms with Crippen LogP contribution < -0.4 is 5.73 Å². The van der Waals surface area contributed by atoms with Crippen LogP contribution in [0.1, 0.15) is 39.2 Å². The van der Waals surface area contributed by atoms with Crippen LogP contribution in [0.25, 0.3) is 11.4 Å². The number of tetrazole rings is 1. The summed E-state index contributed by atoms with van der Waals surface area (Å²) in [5.41, 5.74) is 7.63. The topological polar surface area (TPSA) is 69.6 Å². The van der Waals surface area contributed by atoms with E-state index in [2.05, 4.69) is 45.3 Å². The molecule has 5 nitrogen and oxygen atoms in total. The first kappa shape index (κ1) is 14.5. The third kappa shape index (κ3) is 2.69. The van der Waals surface area contributed by atoms with Gasteiger partial charge in [0.15, 0.2) is 5.82 Å². The van der Waals surface area contributed by atoms with Crippen molar-refractivity contribution in [2.75, 3.05) is 5.73 Å². The van der Waals surface area contributed by atoms with Crippen LogP contribution >= 0.6 is 15.9 Å². The van der Waals surface area contributed by atoms with E-state index >= 15 is 0 Å². The number of nitrogens with zero attached hydrogens (tertiary/aromatic N) is 4. The molecule has 1 heterocycles. The van der Waals surface area contributed by atoms with Crippen molar-refractivity contribution in [1.82, 2.24) is 20.2 Å². The molecule has 0 amide bonds. The summed E-state index contributed by atoms with van der Waals surface area (Å²) in [6, 6.07) is 6.16. The smallest absolute Gasteiger partial charge is 0.183 e. The molecule has 21 heavy (non-hydrogen) atoms. The first-order valence-corrected chi connectivity index (χ1v) is 8.19. The second-order valence-electron chi connectivity index (χ2n) is 6.12. The highest BCUT2D eigenvalue weighted by molar-refractivity contribution is 9.10. The summed E-state index contributed by atoms with van der Waals surface area (Å²) in [7, 11) is 0. The Morgan fingerprint density at radius 2 is 2.10 bits per heavy atom. The normalized spacial score (nSPS) is 26.0. The number of nitrogens with two attached hydrogens (primary N) is 1. The average Bonchev–Trinajstić information content (AvgIpc) is 2.91. The number of hydrogen-bond donors (Lipinski definition) is 1. The number of hydrogen-bond acceptors (Lipinski definition) is 4. The van der Waals surface area contributed by atoms with Gasteiger partial charge in [0.2, 0.25) is 0 Å². The molecular formula is C15H20BrN5.